The SMILES string of the molecule is CCCCC/C=C\C/C=C\CCCCCCCC(=O)OC(COC(=O)CCCCCCCCCCCCC)COC(=O)CCCCCCCCCCCCCCCCCCCCCCCCCCCCCC. The van der Waals surface area contributed by atoms with Crippen molar-refractivity contribution in [1.82, 2.24) is 0 Å². The van der Waals surface area contributed by atoms with Crippen LogP contribution >= 0.6 is 0 Å². The third-order valence-corrected chi connectivity index (χ3v) is 14.7. The summed E-state index contributed by atoms with van der Waals surface area (Å²) in [6.07, 6.45) is 73.5. The zero-order chi connectivity index (χ0) is 52.2. The maximum atomic E-state index is 12.9. The quantitative estimate of drug-likeness (QED) is 0.0261. The number of ether oxygens (including phenoxy) is 3. The summed E-state index contributed by atoms with van der Waals surface area (Å²) in [5, 5.41) is 0. The van der Waals surface area contributed by atoms with Gasteiger partial charge in [-0.25, -0.2) is 0 Å². The Labute approximate surface area is 449 Å². The summed E-state index contributed by atoms with van der Waals surface area (Å²) in [6, 6.07) is 0. The third kappa shape index (κ3) is 58.8. The van der Waals surface area contributed by atoms with Gasteiger partial charge in [-0.3, -0.25) is 14.4 Å². The first-order chi connectivity index (χ1) is 35.5. The largest absolute Gasteiger partial charge is 0.462 e. The van der Waals surface area contributed by atoms with Crippen molar-refractivity contribution >= 4 is 17.9 Å². The Morgan fingerprint density at radius 1 is 0.278 bits per heavy atom. The molecule has 0 saturated carbocycles. The molecule has 0 aliphatic heterocycles. The van der Waals surface area contributed by atoms with Crippen LogP contribution in [0.25, 0.3) is 0 Å². The predicted molar refractivity (Wildman–Crippen MR) is 312 cm³/mol. The molecule has 0 aliphatic carbocycles. The lowest BCUT2D eigenvalue weighted by Gasteiger charge is -2.18. The molecule has 0 aromatic rings. The lowest BCUT2D eigenvalue weighted by molar-refractivity contribution is -0.167. The normalized spacial score (nSPS) is 12.1. The second-order valence-electron chi connectivity index (χ2n) is 22.0. The van der Waals surface area contributed by atoms with Gasteiger partial charge < -0.3 is 14.2 Å². The van der Waals surface area contributed by atoms with Gasteiger partial charge in [-0.1, -0.05) is 315 Å². The van der Waals surface area contributed by atoms with Crippen molar-refractivity contribution in [2.75, 3.05) is 13.2 Å². The van der Waals surface area contributed by atoms with Crippen molar-refractivity contribution in [3.8, 4) is 0 Å². The fraction of sp³-hybridized carbons (Fsp3) is 0.894. The molecule has 0 amide bonds. The molecule has 6 nitrogen and oxygen atoms in total. The van der Waals surface area contributed by atoms with Crippen LogP contribution in [0.2, 0.25) is 0 Å². The van der Waals surface area contributed by atoms with Gasteiger partial charge in [0.05, 0.1) is 0 Å². The molecule has 0 saturated heterocycles. The van der Waals surface area contributed by atoms with Gasteiger partial charge in [-0.2, -0.15) is 0 Å². The smallest absolute Gasteiger partial charge is 0.306 e. The molecule has 0 rings (SSSR count). The van der Waals surface area contributed by atoms with Gasteiger partial charge >= 0.3 is 17.9 Å². The highest BCUT2D eigenvalue weighted by molar-refractivity contribution is 5.71. The molecule has 0 aromatic heterocycles. The number of rotatable bonds is 60. The van der Waals surface area contributed by atoms with Crippen molar-refractivity contribution in [2.24, 2.45) is 0 Å². The average molecular weight is 1010 g/mol. The fourth-order valence-corrected chi connectivity index (χ4v) is 9.83. The minimum atomic E-state index is -0.774. The first kappa shape index (κ1) is 69.9. The number of hydrogen-bond acceptors (Lipinski definition) is 6. The second kappa shape index (κ2) is 61.4. The number of hydrogen-bond donors (Lipinski definition) is 0. The van der Waals surface area contributed by atoms with Crippen LogP contribution in [0.3, 0.4) is 0 Å². The molecule has 6 heteroatoms. The number of carbonyl (C=O) groups excluding carboxylic acids is 3. The molecule has 1 unspecified atom stereocenters. The molecule has 424 valence electrons. The summed E-state index contributed by atoms with van der Waals surface area (Å²) in [4.78, 5) is 38.2. The summed E-state index contributed by atoms with van der Waals surface area (Å²) < 4.78 is 16.9. The molecule has 0 heterocycles. The summed E-state index contributed by atoms with van der Waals surface area (Å²) in [5.41, 5.74) is 0. The lowest BCUT2D eigenvalue weighted by atomic mass is 10.0. The number of esters is 3. The molecule has 0 aromatic carbocycles. The van der Waals surface area contributed by atoms with Crippen LogP contribution in [0.1, 0.15) is 361 Å². The first-order valence-electron chi connectivity index (χ1n) is 32.3. The van der Waals surface area contributed by atoms with Crippen molar-refractivity contribution in [2.45, 2.75) is 367 Å². The van der Waals surface area contributed by atoms with Crippen LogP contribution in [0.15, 0.2) is 24.3 Å². The van der Waals surface area contributed by atoms with Gasteiger partial charge in [0.15, 0.2) is 6.10 Å². The highest BCUT2D eigenvalue weighted by atomic mass is 16.6. The van der Waals surface area contributed by atoms with E-state index in [9.17, 15) is 14.4 Å². The van der Waals surface area contributed by atoms with E-state index in [1.165, 1.54) is 244 Å². The van der Waals surface area contributed by atoms with Gasteiger partial charge in [-0.05, 0) is 51.4 Å². The molecular formula is C66H124O6. The van der Waals surface area contributed by atoms with Crippen LogP contribution in [-0.2, 0) is 28.6 Å². The van der Waals surface area contributed by atoms with E-state index in [2.05, 4.69) is 45.1 Å². The molecular weight excluding hydrogens is 889 g/mol. The summed E-state index contributed by atoms with van der Waals surface area (Å²) >= 11 is 0. The highest BCUT2D eigenvalue weighted by Crippen LogP contribution is 2.18. The van der Waals surface area contributed by atoms with Crippen molar-refractivity contribution in [1.29, 1.82) is 0 Å². The van der Waals surface area contributed by atoms with Crippen LogP contribution in [0, 0.1) is 0 Å². The molecule has 1 atom stereocenters. The van der Waals surface area contributed by atoms with Gasteiger partial charge in [-0.15, -0.1) is 0 Å². The molecule has 0 fully saturated rings. The van der Waals surface area contributed by atoms with E-state index in [0.717, 1.165) is 77.0 Å². The number of allylic oxidation sites excluding steroid dienone is 4. The Hall–Kier alpha value is -2.11. The molecule has 0 spiro atoms. The van der Waals surface area contributed by atoms with E-state index in [-0.39, 0.29) is 31.1 Å². The van der Waals surface area contributed by atoms with Crippen molar-refractivity contribution in [3.63, 3.8) is 0 Å². The maximum absolute atomic E-state index is 12.9. The number of unbranched alkanes of at least 4 members (excludes halogenated alkanes) is 45. The Kier molecular flexibility index (Phi) is 59.6. The second-order valence-corrected chi connectivity index (χ2v) is 22.0. The van der Waals surface area contributed by atoms with Crippen LogP contribution in [-0.4, -0.2) is 37.2 Å². The van der Waals surface area contributed by atoms with Gasteiger partial charge in [0.25, 0.3) is 0 Å². The van der Waals surface area contributed by atoms with Gasteiger partial charge in [0, 0.05) is 19.3 Å². The Bertz CT molecular complexity index is 1160. The summed E-state index contributed by atoms with van der Waals surface area (Å²) in [6.45, 7) is 6.65. The van der Waals surface area contributed by atoms with E-state index in [1.54, 1.807) is 0 Å². The summed E-state index contributed by atoms with van der Waals surface area (Å²) in [5.74, 6) is -0.862. The van der Waals surface area contributed by atoms with Crippen LogP contribution < -0.4 is 0 Å². The monoisotopic (exact) mass is 1010 g/mol. The highest BCUT2D eigenvalue weighted by Gasteiger charge is 2.19. The van der Waals surface area contributed by atoms with Crippen LogP contribution in [0.4, 0.5) is 0 Å². The molecule has 0 N–H and O–H groups in total. The Morgan fingerprint density at radius 2 is 0.500 bits per heavy atom. The minimum absolute atomic E-state index is 0.0714. The molecule has 72 heavy (non-hydrogen) atoms. The maximum Gasteiger partial charge on any atom is 0.306 e. The topological polar surface area (TPSA) is 78.9 Å². The molecule has 0 radical (unpaired) electrons. The average Bonchev–Trinajstić information content (AvgIpc) is 3.38. The van der Waals surface area contributed by atoms with Gasteiger partial charge in [0.2, 0.25) is 0 Å². The third-order valence-electron chi connectivity index (χ3n) is 14.7. The lowest BCUT2D eigenvalue weighted by Crippen LogP contribution is -2.30. The first-order valence-corrected chi connectivity index (χ1v) is 32.3. The molecule has 0 bridgehead atoms. The molecule has 0 aliphatic rings. The van der Waals surface area contributed by atoms with E-state index in [0.29, 0.717) is 19.3 Å². The van der Waals surface area contributed by atoms with E-state index in [1.807, 2.05) is 0 Å². The standard InChI is InChI=1S/C66H124O6/c1-4-7-10-13-16-19-22-24-26-27-28-29-30-31-32-33-34-35-36-37-38-40-41-44-47-50-53-56-59-65(68)71-62-63(61-70-64(67)58-55-52-49-46-43-21-18-15-12-9-6-3)72-66(69)60-57-54-51-48-45-42-39-25-23-20-17-14-11-8-5-2/h17,20,25,39,63H,4-16,18-19,21-24,26-38,40-62H2,1-3H3/b20-17-,39-25-. The predicted octanol–water partition coefficient (Wildman–Crippen LogP) is 21.8. The van der Waals surface area contributed by atoms with E-state index < -0.39 is 6.10 Å². The summed E-state index contributed by atoms with van der Waals surface area (Å²) in [7, 11) is 0. The van der Waals surface area contributed by atoms with Crippen LogP contribution in [0.5, 0.6) is 0 Å². The van der Waals surface area contributed by atoms with E-state index in [4.69, 9.17) is 14.2 Å². The van der Waals surface area contributed by atoms with Crippen molar-refractivity contribution in [3.05, 3.63) is 24.3 Å². The van der Waals surface area contributed by atoms with Gasteiger partial charge in [0.1, 0.15) is 13.2 Å². The zero-order valence-corrected chi connectivity index (χ0v) is 48.7. The number of carbonyl (C=O) groups is 3. The Balaban J connectivity index is 4.12. The van der Waals surface area contributed by atoms with E-state index >= 15 is 0 Å². The fourth-order valence-electron chi connectivity index (χ4n) is 9.83. The Morgan fingerprint density at radius 3 is 0.792 bits per heavy atom. The minimum Gasteiger partial charge on any atom is -0.462 e. The van der Waals surface area contributed by atoms with Crippen molar-refractivity contribution < 1.29 is 28.6 Å². The zero-order valence-electron chi connectivity index (χ0n) is 48.7.